The van der Waals surface area contributed by atoms with Crippen LogP contribution in [0.4, 0.5) is 5.82 Å². The molecule has 1 atom stereocenters. The van der Waals surface area contributed by atoms with Crippen molar-refractivity contribution in [3.63, 3.8) is 0 Å². The number of benzene rings is 2. The van der Waals surface area contributed by atoms with Gasteiger partial charge in [0.15, 0.2) is 17.1 Å². The van der Waals surface area contributed by atoms with Crippen molar-refractivity contribution in [1.82, 2.24) is 19.7 Å². The minimum absolute atomic E-state index is 0.0630. The fraction of sp³-hybridized carbons (Fsp3) is 0.308. The van der Waals surface area contributed by atoms with Crippen LogP contribution >= 0.6 is 0 Å². The van der Waals surface area contributed by atoms with Crippen LogP contribution in [0.1, 0.15) is 31.0 Å². The highest BCUT2D eigenvalue weighted by Crippen LogP contribution is 2.46. The lowest BCUT2D eigenvalue weighted by molar-refractivity contribution is 0.165. The summed E-state index contributed by atoms with van der Waals surface area (Å²) in [5.74, 6) is 2.53. The predicted molar refractivity (Wildman–Crippen MR) is 127 cm³/mol. The van der Waals surface area contributed by atoms with Gasteiger partial charge >= 0.3 is 0 Å². The number of nitrogens with zero attached hydrogens (tertiary/aromatic N) is 4. The minimum Gasteiger partial charge on any atom is -0.454 e. The average Bonchev–Trinajstić information content (AvgIpc) is 3.53. The van der Waals surface area contributed by atoms with E-state index >= 15 is 0 Å². The Labute approximate surface area is 191 Å². The molecule has 1 unspecified atom stereocenters. The lowest BCUT2D eigenvalue weighted by Crippen LogP contribution is -2.50. The summed E-state index contributed by atoms with van der Waals surface area (Å²) in [6, 6.07) is 16.4. The first-order valence-electron chi connectivity index (χ1n) is 11.5. The number of hydrogen-bond acceptors (Lipinski definition) is 6. The number of rotatable bonds is 2. The Morgan fingerprint density at radius 3 is 2.79 bits per heavy atom. The molecule has 166 valence electrons. The van der Waals surface area contributed by atoms with Crippen molar-refractivity contribution in [2.45, 2.75) is 38.9 Å². The van der Waals surface area contributed by atoms with Crippen molar-refractivity contribution in [2.24, 2.45) is 0 Å². The highest BCUT2D eigenvalue weighted by molar-refractivity contribution is 6.00. The Morgan fingerprint density at radius 2 is 1.91 bits per heavy atom. The van der Waals surface area contributed by atoms with Gasteiger partial charge in [-0.2, -0.15) is 5.10 Å². The molecule has 7 nitrogen and oxygen atoms in total. The van der Waals surface area contributed by atoms with Gasteiger partial charge in [-0.1, -0.05) is 24.3 Å². The Balaban J connectivity index is 1.54. The van der Waals surface area contributed by atoms with E-state index in [9.17, 15) is 0 Å². The van der Waals surface area contributed by atoms with Crippen LogP contribution in [-0.4, -0.2) is 38.7 Å². The molecule has 2 aromatic heterocycles. The molecule has 1 fully saturated rings. The molecule has 0 spiro atoms. The molecule has 0 aliphatic carbocycles. The zero-order chi connectivity index (χ0) is 22.2. The highest BCUT2D eigenvalue weighted by atomic mass is 16.7. The standard InChI is InChI=1S/C26H25N5O2/c1-16-22-23(17-9-10-20-21(13-17)33-15-32-20)19-14-30-12-6-11-26(30,2)28-24(19)27-25(22)31(29-16)18-7-4-3-5-8-18/h3-5,7-10,13H,6,11-12,14-15H2,1-2H3,(H,27,28). The maximum Gasteiger partial charge on any atom is 0.231 e. The van der Waals surface area contributed by atoms with Gasteiger partial charge in [0.1, 0.15) is 5.82 Å². The summed E-state index contributed by atoms with van der Waals surface area (Å²) in [7, 11) is 0. The Kier molecular flexibility index (Phi) is 3.85. The number of aromatic nitrogens is 3. The number of aryl methyl sites for hydroxylation is 1. The van der Waals surface area contributed by atoms with Gasteiger partial charge in [-0.15, -0.1) is 0 Å². The molecule has 1 N–H and O–H groups in total. The number of fused-ring (bicyclic) bond motifs is 4. The number of para-hydroxylation sites is 1. The molecule has 0 amide bonds. The number of hydrogen-bond donors (Lipinski definition) is 1. The Morgan fingerprint density at radius 1 is 1.06 bits per heavy atom. The van der Waals surface area contributed by atoms with Gasteiger partial charge in [-0.25, -0.2) is 9.67 Å². The second-order valence-electron chi connectivity index (χ2n) is 9.34. The predicted octanol–water partition coefficient (Wildman–Crippen LogP) is 4.86. The normalized spacial score (nSPS) is 21.2. The molecule has 2 aromatic carbocycles. The molecular formula is C26H25N5O2. The largest absolute Gasteiger partial charge is 0.454 e. The van der Waals surface area contributed by atoms with Crippen LogP contribution in [0.3, 0.4) is 0 Å². The first-order chi connectivity index (χ1) is 16.1. The second-order valence-corrected chi connectivity index (χ2v) is 9.34. The van der Waals surface area contributed by atoms with Crippen LogP contribution < -0.4 is 14.8 Å². The smallest absolute Gasteiger partial charge is 0.231 e. The third-order valence-corrected chi connectivity index (χ3v) is 7.28. The lowest BCUT2D eigenvalue weighted by Gasteiger charge is -2.42. The molecule has 4 aromatic rings. The van der Waals surface area contributed by atoms with Crippen LogP contribution in [0, 0.1) is 6.92 Å². The maximum atomic E-state index is 5.72. The zero-order valence-electron chi connectivity index (χ0n) is 18.8. The second kappa shape index (κ2) is 6.71. The van der Waals surface area contributed by atoms with E-state index in [1.807, 2.05) is 28.9 Å². The molecule has 1 saturated heterocycles. The summed E-state index contributed by atoms with van der Waals surface area (Å²) in [6.07, 6.45) is 2.30. The summed E-state index contributed by atoms with van der Waals surface area (Å²) < 4.78 is 13.3. The van der Waals surface area contributed by atoms with Crippen molar-refractivity contribution in [3.8, 4) is 28.3 Å². The van der Waals surface area contributed by atoms with E-state index in [1.54, 1.807) is 0 Å². The van der Waals surface area contributed by atoms with Gasteiger partial charge in [0.25, 0.3) is 0 Å². The summed E-state index contributed by atoms with van der Waals surface area (Å²) >= 11 is 0. The van der Waals surface area contributed by atoms with Crippen molar-refractivity contribution in [3.05, 3.63) is 59.8 Å². The van der Waals surface area contributed by atoms with Gasteiger partial charge in [0.2, 0.25) is 6.79 Å². The van der Waals surface area contributed by atoms with Gasteiger partial charge in [-0.3, -0.25) is 4.90 Å². The maximum absolute atomic E-state index is 5.72. The summed E-state index contributed by atoms with van der Waals surface area (Å²) in [5, 5.41) is 9.82. The number of anilines is 1. The van der Waals surface area contributed by atoms with Gasteiger partial charge in [-0.05, 0) is 56.5 Å². The molecule has 7 heteroatoms. The molecule has 0 radical (unpaired) electrons. The third kappa shape index (κ3) is 2.72. The molecule has 0 saturated carbocycles. The van der Waals surface area contributed by atoms with Crippen LogP contribution in [0.2, 0.25) is 0 Å². The quantitative estimate of drug-likeness (QED) is 0.481. The summed E-state index contributed by atoms with van der Waals surface area (Å²) in [6.45, 7) is 6.57. The van der Waals surface area contributed by atoms with Crippen LogP contribution in [0.5, 0.6) is 11.5 Å². The van der Waals surface area contributed by atoms with Crippen molar-refractivity contribution in [2.75, 3.05) is 18.7 Å². The first-order valence-corrected chi connectivity index (χ1v) is 11.5. The fourth-order valence-corrected chi connectivity index (χ4v) is 5.59. The first kappa shape index (κ1) is 18.9. The zero-order valence-corrected chi connectivity index (χ0v) is 18.8. The SMILES string of the molecule is Cc1nn(-c2ccccc2)c2nc3c(c(-c4ccc5c(c4)OCO5)c12)CN1CCCC1(C)N3. The van der Waals surface area contributed by atoms with Gasteiger partial charge < -0.3 is 14.8 Å². The number of ether oxygens (including phenoxy) is 2. The van der Waals surface area contributed by atoms with E-state index in [0.29, 0.717) is 0 Å². The highest BCUT2D eigenvalue weighted by Gasteiger charge is 2.42. The van der Waals surface area contributed by atoms with Crippen molar-refractivity contribution < 1.29 is 9.47 Å². The Bertz CT molecular complexity index is 1410. The topological polar surface area (TPSA) is 64.4 Å². The lowest BCUT2D eigenvalue weighted by atomic mass is 9.93. The van der Waals surface area contributed by atoms with Crippen molar-refractivity contribution >= 4 is 16.9 Å². The van der Waals surface area contributed by atoms with E-state index in [1.165, 1.54) is 17.5 Å². The van der Waals surface area contributed by atoms with Crippen molar-refractivity contribution in [1.29, 1.82) is 0 Å². The molecule has 5 heterocycles. The van der Waals surface area contributed by atoms with Crippen LogP contribution in [0.25, 0.3) is 27.8 Å². The van der Waals surface area contributed by atoms with Crippen LogP contribution in [0.15, 0.2) is 48.5 Å². The summed E-state index contributed by atoms with van der Waals surface area (Å²) in [5.41, 5.74) is 6.27. The average molecular weight is 440 g/mol. The monoisotopic (exact) mass is 439 g/mol. The van der Waals surface area contributed by atoms with Crippen LogP contribution in [-0.2, 0) is 6.54 Å². The molecular weight excluding hydrogens is 414 g/mol. The van der Waals surface area contributed by atoms with Gasteiger partial charge in [0.05, 0.1) is 22.4 Å². The van der Waals surface area contributed by atoms with E-state index in [0.717, 1.165) is 64.8 Å². The van der Waals surface area contributed by atoms with Gasteiger partial charge in [0, 0.05) is 24.2 Å². The molecule has 3 aliphatic heterocycles. The third-order valence-electron chi connectivity index (χ3n) is 7.28. The molecule has 0 bridgehead atoms. The number of pyridine rings is 1. The molecule has 3 aliphatic rings. The van der Waals surface area contributed by atoms with E-state index in [4.69, 9.17) is 19.6 Å². The number of nitrogens with one attached hydrogen (secondary N) is 1. The minimum atomic E-state index is -0.0630. The Hall–Kier alpha value is -3.58. The molecule has 7 rings (SSSR count). The van der Waals surface area contributed by atoms with E-state index in [2.05, 4.69) is 48.3 Å². The molecule has 33 heavy (non-hydrogen) atoms. The summed E-state index contributed by atoms with van der Waals surface area (Å²) in [4.78, 5) is 7.72. The fourth-order valence-electron chi connectivity index (χ4n) is 5.59. The van der Waals surface area contributed by atoms with E-state index < -0.39 is 0 Å². The van der Waals surface area contributed by atoms with E-state index in [-0.39, 0.29) is 12.5 Å².